The Balaban J connectivity index is 1.51. The molecule has 4 rings (SSSR count). The summed E-state index contributed by atoms with van der Waals surface area (Å²) in [5.74, 6) is 0.687. The van der Waals surface area contributed by atoms with E-state index in [2.05, 4.69) is 14.8 Å². The van der Waals surface area contributed by atoms with E-state index in [0.29, 0.717) is 18.8 Å². The van der Waals surface area contributed by atoms with Gasteiger partial charge in [-0.05, 0) is 37.1 Å². The van der Waals surface area contributed by atoms with Gasteiger partial charge in [0.15, 0.2) is 5.82 Å². The van der Waals surface area contributed by atoms with Crippen LogP contribution in [0.1, 0.15) is 16.8 Å². The highest BCUT2D eigenvalue weighted by atomic mass is 32.2. The van der Waals surface area contributed by atoms with Crippen molar-refractivity contribution in [1.82, 2.24) is 19.3 Å². The molecule has 1 N–H and O–H groups in total. The Hall–Kier alpha value is -2.55. The molecule has 0 bridgehead atoms. The summed E-state index contributed by atoms with van der Waals surface area (Å²) in [7, 11) is -3.52. The summed E-state index contributed by atoms with van der Waals surface area (Å²) in [5, 5.41) is 6.60. The topological polar surface area (TPSA) is 76.4 Å². The minimum Gasteiger partial charge on any atom is -0.211 e. The third kappa shape index (κ3) is 3.71. The highest BCUT2D eigenvalue weighted by Crippen LogP contribution is 2.23. The predicted molar refractivity (Wildman–Crippen MR) is 111 cm³/mol. The normalized spacial score (nSPS) is 11.9. The van der Waals surface area contributed by atoms with Crippen LogP contribution in [0.25, 0.3) is 16.3 Å². The van der Waals surface area contributed by atoms with Crippen molar-refractivity contribution in [2.45, 2.75) is 25.2 Å². The number of sulfonamides is 1. The number of benzene rings is 2. The lowest BCUT2D eigenvalue weighted by atomic mass is 10.1. The Kier molecular flexibility index (Phi) is 5.01. The first-order chi connectivity index (χ1) is 13.4. The zero-order chi connectivity index (χ0) is 19.7. The molecule has 0 saturated heterocycles. The average molecular weight is 413 g/mol. The second kappa shape index (κ2) is 7.46. The van der Waals surface area contributed by atoms with Gasteiger partial charge < -0.3 is 0 Å². The molecule has 2 heterocycles. The van der Waals surface area contributed by atoms with Crippen LogP contribution >= 0.6 is 11.3 Å². The van der Waals surface area contributed by atoms with Crippen LogP contribution in [0.15, 0.2) is 58.8 Å². The van der Waals surface area contributed by atoms with E-state index in [0.717, 1.165) is 27.3 Å². The number of thiazole rings is 1. The van der Waals surface area contributed by atoms with Crippen molar-refractivity contribution in [3.63, 3.8) is 0 Å². The lowest BCUT2D eigenvalue weighted by Gasteiger charge is -2.07. The van der Waals surface area contributed by atoms with Crippen LogP contribution in [0, 0.1) is 13.8 Å². The molecule has 0 radical (unpaired) electrons. The molecule has 8 heteroatoms. The first kappa shape index (κ1) is 18.8. The highest BCUT2D eigenvalue weighted by Gasteiger charge is 2.16. The molecule has 0 saturated carbocycles. The molecule has 0 amide bonds. The zero-order valence-corrected chi connectivity index (χ0v) is 17.2. The molecule has 4 aromatic rings. The van der Waals surface area contributed by atoms with Crippen LogP contribution in [0.4, 0.5) is 0 Å². The number of nitrogens with zero attached hydrogens (tertiary/aromatic N) is 3. The second-order valence-corrected chi connectivity index (χ2v) is 9.24. The van der Waals surface area contributed by atoms with Gasteiger partial charge in [0.1, 0.15) is 0 Å². The number of rotatable bonds is 6. The maximum absolute atomic E-state index is 12.5. The van der Waals surface area contributed by atoms with Crippen LogP contribution in [0.5, 0.6) is 0 Å². The fraction of sp³-hybridized carbons (Fsp3) is 0.200. The number of hydrogen-bond acceptors (Lipinski definition) is 5. The van der Waals surface area contributed by atoms with Gasteiger partial charge in [-0.3, -0.25) is 0 Å². The monoisotopic (exact) mass is 412 g/mol. The molecule has 0 aliphatic heterocycles. The lowest BCUT2D eigenvalue weighted by molar-refractivity contribution is 0.581. The van der Waals surface area contributed by atoms with Gasteiger partial charge in [0.05, 0.1) is 10.6 Å². The molecule has 144 valence electrons. The van der Waals surface area contributed by atoms with Crippen molar-refractivity contribution < 1.29 is 8.42 Å². The molecule has 0 aliphatic rings. The molecule has 0 unspecified atom stereocenters. The molecule has 0 atom stereocenters. The zero-order valence-electron chi connectivity index (χ0n) is 15.6. The first-order valence-electron chi connectivity index (χ1n) is 8.89. The lowest BCUT2D eigenvalue weighted by Crippen LogP contribution is -2.26. The quantitative estimate of drug-likeness (QED) is 0.525. The minimum absolute atomic E-state index is 0.283. The predicted octanol–water partition coefficient (Wildman–Crippen LogP) is 3.60. The van der Waals surface area contributed by atoms with Crippen LogP contribution in [0.2, 0.25) is 0 Å². The van der Waals surface area contributed by atoms with E-state index in [1.807, 2.05) is 49.6 Å². The smallest absolute Gasteiger partial charge is 0.211 e. The summed E-state index contributed by atoms with van der Waals surface area (Å²) in [5.41, 5.74) is 3.96. The van der Waals surface area contributed by atoms with Gasteiger partial charge >= 0.3 is 0 Å². The largest absolute Gasteiger partial charge is 0.240 e. The van der Waals surface area contributed by atoms with Crippen molar-refractivity contribution in [1.29, 1.82) is 0 Å². The molecule has 28 heavy (non-hydrogen) atoms. The number of aromatic nitrogens is 3. The first-order valence-corrected chi connectivity index (χ1v) is 11.3. The Bertz CT molecular complexity index is 1240. The molecule has 2 aromatic carbocycles. The Morgan fingerprint density at radius 3 is 2.71 bits per heavy atom. The van der Waals surface area contributed by atoms with Gasteiger partial charge in [-0.2, -0.15) is 4.98 Å². The Labute approximate surface area is 167 Å². The fourth-order valence-electron chi connectivity index (χ4n) is 3.01. The van der Waals surface area contributed by atoms with E-state index in [9.17, 15) is 8.42 Å². The van der Waals surface area contributed by atoms with E-state index < -0.39 is 10.0 Å². The highest BCUT2D eigenvalue weighted by molar-refractivity contribution is 7.89. The van der Waals surface area contributed by atoms with E-state index in [-0.39, 0.29) is 4.90 Å². The van der Waals surface area contributed by atoms with Gasteiger partial charge in [0.2, 0.25) is 15.0 Å². The summed E-state index contributed by atoms with van der Waals surface area (Å²) < 4.78 is 29.4. The third-order valence-electron chi connectivity index (χ3n) is 4.51. The van der Waals surface area contributed by atoms with Gasteiger partial charge in [-0.1, -0.05) is 36.4 Å². The maximum Gasteiger partial charge on any atom is 0.240 e. The van der Waals surface area contributed by atoms with Crippen molar-refractivity contribution in [3.8, 4) is 11.4 Å². The minimum atomic E-state index is -3.52. The summed E-state index contributed by atoms with van der Waals surface area (Å²) >= 11 is 1.50. The number of fused-ring (bicyclic) bond motifs is 1. The molecule has 0 fully saturated rings. The molecule has 0 spiro atoms. The number of aryl methyl sites for hydroxylation is 2. The van der Waals surface area contributed by atoms with Crippen LogP contribution in [0.3, 0.4) is 0 Å². The molecule has 2 aromatic heterocycles. The molecule has 6 nitrogen and oxygen atoms in total. The van der Waals surface area contributed by atoms with Crippen molar-refractivity contribution in [2.75, 3.05) is 6.54 Å². The average Bonchev–Trinajstić information content (AvgIpc) is 3.24. The van der Waals surface area contributed by atoms with Crippen LogP contribution < -0.4 is 4.72 Å². The van der Waals surface area contributed by atoms with E-state index in [4.69, 9.17) is 0 Å². The standard InChI is InChI=1S/C20H20N4O2S2/c1-14-6-5-8-17(12-14)28(25,26)21-11-10-16-13-27-20-22-19(23-24(16)20)18-9-4-3-7-15(18)2/h3-9,12-13,21H,10-11H2,1-2H3. The number of hydrogen-bond donors (Lipinski definition) is 1. The molecule has 0 aliphatic carbocycles. The van der Waals surface area contributed by atoms with Gasteiger partial charge in [0, 0.05) is 23.9 Å². The fourth-order valence-corrected chi connectivity index (χ4v) is 5.01. The number of nitrogens with one attached hydrogen (secondary N) is 1. The summed E-state index contributed by atoms with van der Waals surface area (Å²) in [6.07, 6.45) is 0.529. The van der Waals surface area contributed by atoms with Gasteiger partial charge in [-0.15, -0.1) is 16.4 Å². The molecular weight excluding hydrogens is 392 g/mol. The Morgan fingerprint density at radius 1 is 1.11 bits per heavy atom. The van der Waals surface area contributed by atoms with Crippen molar-refractivity contribution in [3.05, 3.63) is 70.7 Å². The Morgan fingerprint density at radius 2 is 1.93 bits per heavy atom. The van der Waals surface area contributed by atoms with Crippen molar-refractivity contribution >= 4 is 26.3 Å². The van der Waals surface area contributed by atoms with Crippen LogP contribution in [-0.4, -0.2) is 29.6 Å². The second-order valence-electron chi connectivity index (χ2n) is 6.64. The van der Waals surface area contributed by atoms with Crippen molar-refractivity contribution in [2.24, 2.45) is 0 Å². The third-order valence-corrected chi connectivity index (χ3v) is 6.83. The van der Waals surface area contributed by atoms with Gasteiger partial charge in [-0.25, -0.2) is 17.7 Å². The van der Waals surface area contributed by atoms with Crippen LogP contribution in [-0.2, 0) is 16.4 Å². The van der Waals surface area contributed by atoms with E-state index in [1.165, 1.54) is 11.3 Å². The van der Waals surface area contributed by atoms with E-state index in [1.54, 1.807) is 22.7 Å². The summed E-state index contributed by atoms with van der Waals surface area (Å²) in [4.78, 5) is 5.69. The van der Waals surface area contributed by atoms with E-state index >= 15 is 0 Å². The van der Waals surface area contributed by atoms with Gasteiger partial charge in [0.25, 0.3) is 0 Å². The SMILES string of the molecule is Cc1cccc(S(=O)(=O)NCCc2csc3nc(-c4ccccc4C)nn23)c1. The maximum atomic E-state index is 12.5. The molecular formula is C20H20N4O2S2. The summed E-state index contributed by atoms with van der Waals surface area (Å²) in [6.45, 7) is 4.20. The summed E-state index contributed by atoms with van der Waals surface area (Å²) in [6, 6.07) is 14.9.